The Morgan fingerprint density at radius 3 is 1.83 bits per heavy atom. The number of aliphatic imine (C=N–C) groups is 1. The minimum Gasteiger partial charge on any atom is -0.480 e. The van der Waals surface area contributed by atoms with E-state index < -0.39 is 66.1 Å². The Bertz CT molecular complexity index is 820. The van der Waals surface area contributed by atoms with Gasteiger partial charge in [-0.25, -0.2) is 4.79 Å². The number of rotatable bonds is 17. The van der Waals surface area contributed by atoms with Crippen molar-refractivity contribution in [1.29, 1.82) is 0 Å². The molecule has 0 aliphatic heterocycles. The van der Waals surface area contributed by atoms with Crippen LogP contribution >= 0.6 is 12.6 Å². The number of primary amides is 2. The van der Waals surface area contributed by atoms with Crippen LogP contribution < -0.4 is 44.6 Å². The third-order valence-electron chi connectivity index (χ3n) is 4.45. The summed E-state index contributed by atoms with van der Waals surface area (Å²) in [5.74, 6) is -6.04. The van der Waals surface area contributed by atoms with E-state index in [2.05, 4.69) is 33.6 Å². The van der Waals surface area contributed by atoms with E-state index >= 15 is 0 Å². The minimum atomic E-state index is -1.50. The maximum absolute atomic E-state index is 12.7. The predicted molar refractivity (Wildman–Crippen MR) is 127 cm³/mol. The zero-order chi connectivity index (χ0) is 27.1. The van der Waals surface area contributed by atoms with Crippen molar-refractivity contribution >= 4 is 54.1 Å². The number of guanidine groups is 1. The van der Waals surface area contributed by atoms with Gasteiger partial charge in [-0.05, 0) is 19.3 Å². The number of hydrogen-bond acceptors (Lipinski definition) is 9. The summed E-state index contributed by atoms with van der Waals surface area (Å²) >= 11 is 3.99. The highest BCUT2D eigenvalue weighted by Gasteiger charge is 2.30. The molecule has 4 unspecified atom stereocenters. The molecular formula is C18H33N9O7S. The van der Waals surface area contributed by atoms with Crippen LogP contribution in [-0.2, 0) is 28.8 Å². The second-order valence-corrected chi connectivity index (χ2v) is 7.80. The van der Waals surface area contributed by atoms with E-state index in [1.807, 2.05) is 0 Å². The number of carboxylic acid groups (broad SMARTS) is 1. The highest BCUT2D eigenvalue weighted by atomic mass is 32.1. The first-order chi connectivity index (χ1) is 16.3. The Balaban J connectivity index is 5.20. The van der Waals surface area contributed by atoms with Gasteiger partial charge in [0.2, 0.25) is 29.5 Å². The Kier molecular flexibility index (Phi) is 14.4. The van der Waals surface area contributed by atoms with Gasteiger partial charge < -0.3 is 49.7 Å². The molecule has 0 spiro atoms. The lowest BCUT2D eigenvalue weighted by Crippen LogP contribution is -2.58. The molecule has 0 radical (unpaired) electrons. The minimum absolute atomic E-state index is 0.00532. The first kappa shape index (κ1) is 31.4. The fraction of sp³-hybridized carbons (Fsp3) is 0.611. The molecule has 0 fully saturated rings. The molecule has 0 aromatic rings. The van der Waals surface area contributed by atoms with Gasteiger partial charge >= 0.3 is 5.97 Å². The van der Waals surface area contributed by atoms with E-state index in [1.54, 1.807) is 0 Å². The van der Waals surface area contributed by atoms with Crippen LogP contribution in [0, 0.1) is 0 Å². The van der Waals surface area contributed by atoms with Crippen LogP contribution in [0.3, 0.4) is 0 Å². The molecule has 0 rings (SSSR count). The van der Waals surface area contributed by atoms with Crippen LogP contribution in [0.1, 0.15) is 32.1 Å². The zero-order valence-electron chi connectivity index (χ0n) is 18.9. The van der Waals surface area contributed by atoms with E-state index in [1.165, 1.54) is 0 Å². The van der Waals surface area contributed by atoms with Crippen LogP contribution in [0.15, 0.2) is 4.99 Å². The summed E-state index contributed by atoms with van der Waals surface area (Å²) in [6.07, 6.45) is -0.665. The number of nitrogens with zero attached hydrogens (tertiary/aromatic N) is 1. The molecule has 14 N–H and O–H groups in total. The fourth-order valence-electron chi connectivity index (χ4n) is 2.62. The van der Waals surface area contributed by atoms with Crippen molar-refractivity contribution in [2.24, 2.45) is 33.7 Å². The first-order valence-corrected chi connectivity index (χ1v) is 11.0. The second-order valence-electron chi connectivity index (χ2n) is 7.44. The molecule has 0 aliphatic rings. The molecule has 0 heterocycles. The van der Waals surface area contributed by atoms with Crippen molar-refractivity contribution < 1.29 is 33.9 Å². The van der Waals surface area contributed by atoms with E-state index in [0.717, 1.165) is 0 Å². The quantitative estimate of drug-likeness (QED) is 0.0377. The van der Waals surface area contributed by atoms with Gasteiger partial charge in [0.05, 0.1) is 12.5 Å². The number of aliphatic carboxylic acids is 1. The van der Waals surface area contributed by atoms with Crippen LogP contribution in [0.4, 0.5) is 0 Å². The van der Waals surface area contributed by atoms with Gasteiger partial charge in [0, 0.05) is 18.7 Å². The van der Waals surface area contributed by atoms with Crippen molar-refractivity contribution in [1.82, 2.24) is 16.0 Å². The number of thiol groups is 1. The Hall–Kier alpha value is -3.60. The second kappa shape index (κ2) is 16.1. The van der Waals surface area contributed by atoms with Gasteiger partial charge in [0.1, 0.15) is 18.1 Å². The number of nitrogens with two attached hydrogens (primary N) is 5. The van der Waals surface area contributed by atoms with Gasteiger partial charge in [0.15, 0.2) is 5.96 Å². The average Bonchev–Trinajstić information content (AvgIpc) is 2.76. The first-order valence-electron chi connectivity index (χ1n) is 10.4. The van der Waals surface area contributed by atoms with E-state index in [0.29, 0.717) is 0 Å². The summed E-state index contributed by atoms with van der Waals surface area (Å²) in [4.78, 5) is 74.8. The van der Waals surface area contributed by atoms with E-state index in [9.17, 15) is 33.9 Å². The summed E-state index contributed by atoms with van der Waals surface area (Å²) in [5.41, 5.74) is 26.2. The van der Waals surface area contributed by atoms with Gasteiger partial charge in [0.25, 0.3) is 0 Å². The summed E-state index contributed by atoms with van der Waals surface area (Å²) < 4.78 is 0. The highest BCUT2D eigenvalue weighted by Crippen LogP contribution is 2.02. The number of carbonyl (C=O) groups is 6. The van der Waals surface area contributed by atoms with E-state index in [-0.39, 0.29) is 43.9 Å². The van der Waals surface area contributed by atoms with Crippen LogP contribution in [-0.4, -0.2) is 83.0 Å². The van der Waals surface area contributed by atoms with Crippen molar-refractivity contribution in [2.45, 2.75) is 56.3 Å². The molecule has 198 valence electrons. The largest absolute Gasteiger partial charge is 0.480 e. The molecule has 0 aromatic heterocycles. The summed E-state index contributed by atoms with van der Waals surface area (Å²) in [5, 5.41) is 16.1. The SMILES string of the molecule is NC(=O)CCC(N)C(=O)NC(CC(N)=O)C(=O)NC(CS)C(=O)NC(CCCN=C(N)N)C(=O)O. The van der Waals surface area contributed by atoms with Crippen LogP contribution in [0.5, 0.6) is 0 Å². The molecule has 0 aliphatic carbocycles. The molecule has 0 saturated carbocycles. The van der Waals surface area contributed by atoms with Gasteiger partial charge in [-0.2, -0.15) is 12.6 Å². The Morgan fingerprint density at radius 1 is 0.800 bits per heavy atom. The van der Waals surface area contributed by atoms with Crippen molar-refractivity contribution in [2.75, 3.05) is 12.3 Å². The molecular weight excluding hydrogens is 486 g/mol. The number of nitrogens with one attached hydrogen (secondary N) is 3. The smallest absolute Gasteiger partial charge is 0.326 e. The van der Waals surface area contributed by atoms with E-state index in [4.69, 9.17) is 28.7 Å². The fourth-order valence-corrected chi connectivity index (χ4v) is 2.87. The molecule has 17 heteroatoms. The number of amides is 5. The predicted octanol–water partition coefficient (Wildman–Crippen LogP) is -5.02. The third kappa shape index (κ3) is 13.6. The maximum Gasteiger partial charge on any atom is 0.326 e. The monoisotopic (exact) mass is 519 g/mol. The molecule has 0 saturated heterocycles. The summed E-state index contributed by atoms with van der Waals surface area (Å²) in [6, 6.07) is -5.32. The van der Waals surface area contributed by atoms with Gasteiger partial charge in [-0.15, -0.1) is 0 Å². The lowest BCUT2D eigenvalue weighted by Gasteiger charge is -2.24. The lowest BCUT2D eigenvalue weighted by molar-refractivity contribution is -0.142. The highest BCUT2D eigenvalue weighted by molar-refractivity contribution is 7.80. The normalized spacial score (nSPS) is 13.9. The van der Waals surface area contributed by atoms with Crippen molar-refractivity contribution in [3.05, 3.63) is 0 Å². The summed E-state index contributed by atoms with van der Waals surface area (Å²) in [6.45, 7) is 0.144. The molecule has 4 atom stereocenters. The standard InChI is InChI=1S/C18H33N9O7S/c19-8(3-4-12(20)28)14(30)26-10(6-13(21)29)15(31)27-11(7-35)16(32)25-9(17(33)34)2-1-5-24-18(22)23/h8-11,35H,1-7,19H2,(H2,20,28)(H2,21,29)(H,25,32)(H,26,30)(H,27,31)(H,33,34)(H4,22,23,24). The number of hydrogen-bond donors (Lipinski definition) is 10. The Morgan fingerprint density at radius 2 is 1.34 bits per heavy atom. The molecule has 0 bridgehead atoms. The van der Waals surface area contributed by atoms with Crippen molar-refractivity contribution in [3.63, 3.8) is 0 Å². The topological polar surface area (TPSA) is 301 Å². The lowest BCUT2D eigenvalue weighted by atomic mass is 10.1. The molecule has 16 nitrogen and oxygen atoms in total. The van der Waals surface area contributed by atoms with Gasteiger partial charge in [-0.1, -0.05) is 0 Å². The third-order valence-corrected chi connectivity index (χ3v) is 4.82. The summed E-state index contributed by atoms with van der Waals surface area (Å²) in [7, 11) is 0. The van der Waals surface area contributed by atoms with Gasteiger partial charge in [-0.3, -0.25) is 29.0 Å². The van der Waals surface area contributed by atoms with Crippen molar-refractivity contribution in [3.8, 4) is 0 Å². The van der Waals surface area contributed by atoms with Crippen LogP contribution in [0.25, 0.3) is 0 Å². The number of carbonyl (C=O) groups excluding carboxylic acids is 5. The molecule has 5 amide bonds. The van der Waals surface area contributed by atoms with Crippen LogP contribution in [0.2, 0.25) is 0 Å². The molecule has 0 aromatic carbocycles. The molecule has 35 heavy (non-hydrogen) atoms. The average molecular weight is 520 g/mol. The Labute approximate surface area is 206 Å². The number of carboxylic acids is 1. The zero-order valence-corrected chi connectivity index (χ0v) is 19.8. The maximum atomic E-state index is 12.7.